The Morgan fingerprint density at radius 2 is 1.81 bits per heavy atom. The standard InChI is InChI=1S/C26H28N4O/c1-15(2)25-28-18(5)24(29-25)22-11-23(17(4)10-16(22)3)26(31)30-13-21(14-30)20-8-6-19(12-27)7-9-20/h6-11,15,21H,13-14H2,1-5H3,(H,28,29). The first-order chi connectivity index (χ1) is 14.8. The predicted molar refractivity (Wildman–Crippen MR) is 122 cm³/mol. The highest BCUT2D eigenvalue weighted by molar-refractivity contribution is 5.97. The molecule has 1 aliphatic rings. The van der Waals surface area contributed by atoms with E-state index in [4.69, 9.17) is 5.26 Å². The number of H-pyrrole nitrogens is 1. The average molecular weight is 413 g/mol. The maximum atomic E-state index is 13.3. The number of amides is 1. The number of aryl methyl sites for hydroxylation is 3. The third-order valence-electron chi connectivity index (χ3n) is 6.20. The minimum Gasteiger partial charge on any atom is -0.342 e. The van der Waals surface area contributed by atoms with Gasteiger partial charge in [-0.1, -0.05) is 32.0 Å². The van der Waals surface area contributed by atoms with Crippen molar-refractivity contribution >= 4 is 5.91 Å². The second-order valence-electron chi connectivity index (χ2n) is 8.86. The second-order valence-corrected chi connectivity index (χ2v) is 8.86. The smallest absolute Gasteiger partial charge is 0.254 e. The first kappa shape index (κ1) is 20.9. The highest BCUT2D eigenvalue weighted by Crippen LogP contribution is 2.32. The third kappa shape index (κ3) is 3.86. The van der Waals surface area contributed by atoms with Crippen LogP contribution in [0.25, 0.3) is 11.3 Å². The van der Waals surface area contributed by atoms with Crippen LogP contribution in [0.4, 0.5) is 0 Å². The molecule has 0 aliphatic carbocycles. The Balaban J connectivity index is 1.57. The Kier molecular flexibility index (Phi) is 5.41. The molecule has 1 amide bonds. The number of nitrogens with one attached hydrogen (secondary N) is 1. The van der Waals surface area contributed by atoms with Crippen LogP contribution < -0.4 is 0 Å². The molecule has 3 aromatic rings. The summed E-state index contributed by atoms with van der Waals surface area (Å²) < 4.78 is 0. The topological polar surface area (TPSA) is 72.8 Å². The monoisotopic (exact) mass is 412 g/mol. The molecule has 1 saturated heterocycles. The number of aromatic nitrogens is 2. The van der Waals surface area contributed by atoms with Crippen molar-refractivity contribution < 1.29 is 4.79 Å². The number of carbonyl (C=O) groups is 1. The van der Waals surface area contributed by atoms with Crippen LogP contribution >= 0.6 is 0 Å². The first-order valence-corrected chi connectivity index (χ1v) is 10.8. The minimum atomic E-state index is 0.0740. The molecule has 2 heterocycles. The SMILES string of the molecule is Cc1cc(C)c(-c2[nH]c(C(C)C)nc2C)cc1C(=O)N1CC(c2ccc(C#N)cc2)C1. The summed E-state index contributed by atoms with van der Waals surface area (Å²) in [7, 11) is 0. The Morgan fingerprint density at radius 1 is 1.13 bits per heavy atom. The van der Waals surface area contributed by atoms with Gasteiger partial charge in [-0.05, 0) is 55.7 Å². The van der Waals surface area contributed by atoms with E-state index >= 15 is 0 Å². The van der Waals surface area contributed by atoms with Crippen molar-refractivity contribution in [1.29, 1.82) is 5.26 Å². The molecule has 0 atom stereocenters. The summed E-state index contributed by atoms with van der Waals surface area (Å²) in [6.45, 7) is 11.7. The van der Waals surface area contributed by atoms with Gasteiger partial charge in [0, 0.05) is 36.1 Å². The molecular weight excluding hydrogens is 384 g/mol. The summed E-state index contributed by atoms with van der Waals surface area (Å²) in [6.07, 6.45) is 0. The fourth-order valence-electron chi connectivity index (χ4n) is 4.23. The van der Waals surface area contributed by atoms with E-state index in [-0.39, 0.29) is 5.91 Å². The zero-order valence-electron chi connectivity index (χ0n) is 18.8. The van der Waals surface area contributed by atoms with Gasteiger partial charge in [-0.15, -0.1) is 0 Å². The quantitative estimate of drug-likeness (QED) is 0.637. The number of nitrogens with zero attached hydrogens (tertiary/aromatic N) is 3. The van der Waals surface area contributed by atoms with Crippen LogP contribution in [0.2, 0.25) is 0 Å². The largest absolute Gasteiger partial charge is 0.342 e. The zero-order chi connectivity index (χ0) is 22.3. The van der Waals surface area contributed by atoms with Gasteiger partial charge in [0.1, 0.15) is 5.82 Å². The highest BCUT2D eigenvalue weighted by Gasteiger charge is 2.33. The number of hydrogen-bond donors (Lipinski definition) is 1. The molecule has 0 unspecified atom stereocenters. The van der Waals surface area contributed by atoms with Crippen LogP contribution in [-0.2, 0) is 0 Å². The summed E-state index contributed by atoms with van der Waals surface area (Å²) in [5.74, 6) is 1.68. The van der Waals surface area contributed by atoms with Crippen molar-refractivity contribution in [2.75, 3.05) is 13.1 Å². The van der Waals surface area contributed by atoms with E-state index in [1.807, 2.05) is 49.1 Å². The number of benzene rings is 2. The Labute approximate surface area is 183 Å². The lowest BCUT2D eigenvalue weighted by molar-refractivity contribution is 0.0601. The van der Waals surface area contributed by atoms with Gasteiger partial charge < -0.3 is 9.88 Å². The molecule has 0 radical (unpaired) electrons. The van der Waals surface area contributed by atoms with Gasteiger partial charge in [0.15, 0.2) is 0 Å². The van der Waals surface area contributed by atoms with E-state index in [1.54, 1.807) is 0 Å². The number of aromatic amines is 1. The van der Waals surface area contributed by atoms with Crippen molar-refractivity contribution in [2.45, 2.75) is 46.5 Å². The summed E-state index contributed by atoms with van der Waals surface area (Å²) in [4.78, 5) is 23.3. The summed E-state index contributed by atoms with van der Waals surface area (Å²) in [5, 5.41) is 8.97. The van der Waals surface area contributed by atoms with Crippen LogP contribution in [0, 0.1) is 32.1 Å². The van der Waals surface area contributed by atoms with Gasteiger partial charge in [0.05, 0.1) is 23.0 Å². The zero-order valence-corrected chi connectivity index (χ0v) is 18.8. The average Bonchev–Trinajstić information content (AvgIpc) is 3.09. The molecule has 4 rings (SSSR count). The maximum Gasteiger partial charge on any atom is 0.254 e. The minimum absolute atomic E-state index is 0.0740. The van der Waals surface area contributed by atoms with Crippen LogP contribution in [0.5, 0.6) is 0 Å². The number of hydrogen-bond acceptors (Lipinski definition) is 3. The Morgan fingerprint density at radius 3 is 2.39 bits per heavy atom. The molecule has 1 fully saturated rings. The molecule has 1 aromatic heterocycles. The molecule has 158 valence electrons. The van der Waals surface area contributed by atoms with Gasteiger partial charge in [-0.2, -0.15) is 5.26 Å². The molecule has 0 spiro atoms. The van der Waals surface area contributed by atoms with Crippen molar-refractivity contribution in [3.8, 4) is 17.3 Å². The lowest BCUT2D eigenvalue weighted by atomic mass is 9.89. The lowest BCUT2D eigenvalue weighted by Crippen LogP contribution is -2.48. The van der Waals surface area contributed by atoms with Gasteiger partial charge in [0.25, 0.3) is 5.91 Å². The highest BCUT2D eigenvalue weighted by atomic mass is 16.2. The molecule has 0 bridgehead atoms. The number of likely N-dealkylation sites (tertiary alicyclic amines) is 1. The van der Waals surface area contributed by atoms with Crippen molar-refractivity contribution in [1.82, 2.24) is 14.9 Å². The number of imidazole rings is 1. The van der Waals surface area contributed by atoms with E-state index in [2.05, 4.69) is 42.9 Å². The lowest BCUT2D eigenvalue weighted by Gasteiger charge is -2.40. The third-order valence-corrected chi connectivity index (χ3v) is 6.20. The van der Waals surface area contributed by atoms with Gasteiger partial charge in [-0.3, -0.25) is 4.79 Å². The van der Waals surface area contributed by atoms with Crippen LogP contribution in [0.1, 0.15) is 69.8 Å². The maximum absolute atomic E-state index is 13.3. The molecule has 0 saturated carbocycles. The number of rotatable bonds is 4. The molecule has 31 heavy (non-hydrogen) atoms. The molecular formula is C26H28N4O. The summed E-state index contributed by atoms with van der Waals surface area (Å²) in [5.41, 5.74) is 7.71. The second kappa shape index (κ2) is 8.03. The van der Waals surface area contributed by atoms with E-state index < -0.39 is 0 Å². The van der Waals surface area contributed by atoms with Crippen molar-refractivity contribution in [2.24, 2.45) is 0 Å². The van der Waals surface area contributed by atoms with Crippen LogP contribution in [0.15, 0.2) is 36.4 Å². The number of nitriles is 1. The normalized spacial score (nSPS) is 13.9. The van der Waals surface area contributed by atoms with E-state index in [0.717, 1.165) is 39.5 Å². The van der Waals surface area contributed by atoms with Crippen LogP contribution in [-0.4, -0.2) is 33.9 Å². The summed E-state index contributed by atoms with van der Waals surface area (Å²) in [6, 6.07) is 13.9. The van der Waals surface area contributed by atoms with Crippen LogP contribution in [0.3, 0.4) is 0 Å². The van der Waals surface area contributed by atoms with E-state index in [1.165, 1.54) is 5.56 Å². The van der Waals surface area contributed by atoms with E-state index in [0.29, 0.717) is 30.5 Å². The van der Waals surface area contributed by atoms with Crippen molar-refractivity contribution in [3.63, 3.8) is 0 Å². The summed E-state index contributed by atoms with van der Waals surface area (Å²) >= 11 is 0. The first-order valence-electron chi connectivity index (χ1n) is 10.8. The van der Waals surface area contributed by atoms with E-state index in [9.17, 15) is 4.79 Å². The Bertz CT molecular complexity index is 1180. The van der Waals surface area contributed by atoms with Gasteiger partial charge in [-0.25, -0.2) is 4.98 Å². The molecule has 5 nitrogen and oxygen atoms in total. The molecule has 1 aliphatic heterocycles. The van der Waals surface area contributed by atoms with Crippen molar-refractivity contribution in [3.05, 3.63) is 75.7 Å². The molecule has 5 heteroatoms. The number of carbonyl (C=O) groups excluding carboxylic acids is 1. The molecule has 1 N–H and O–H groups in total. The fourth-order valence-corrected chi connectivity index (χ4v) is 4.23. The van der Waals surface area contributed by atoms with Gasteiger partial charge >= 0.3 is 0 Å². The fraction of sp³-hybridized carbons (Fsp3) is 0.346. The Hall–Kier alpha value is -3.39. The van der Waals surface area contributed by atoms with Gasteiger partial charge in [0.2, 0.25) is 0 Å². The molecule has 2 aromatic carbocycles. The predicted octanol–water partition coefficient (Wildman–Crippen LogP) is 5.24.